The Balaban J connectivity index is 0.00000216. The van der Waals surface area contributed by atoms with E-state index in [2.05, 4.69) is 0 Å². The molecule has 11 nitrogen and oxygen atoms in total. The average Bonchev–Trinajstić information content (AvgIpc) is 2.95. The van der Waals surface area contributed by atoms with Crippen LogP contribution in [0.15, 0.2) is 0 Å². The maximum Gasteiger partial charge on any atom is 0.160 e. The molecule has 13 atom stereocenters. The van der Waals surface area contributed by atoms with Crippen LogP contribution < -0.4 is 0 Å². The minimum atomic E-state index is -0.804. The zero-order valence-corrected chi connectivity index (χ0v) is 25.5. The summed E-state index contributed by atoms with van der Waals surface area (Å²) in [5.74, 6) is 0. The van der Waals surface area contributed by atoms with E-state index in [-0.39, 0.29) is 72.2 Å². The molecule has 0 aromatic carbocycles. The van der Waals surface area contributed by atoms with E-state index in [4.69, 9.17) is 23.7 Å². The highest BCUT2D eigenvalue weighted by Crippen LogP contribution is 2.42. The molecule has 4 aliphatic heterocycles. The summed E-state index contributed by atoms with van der Waals surface area (Å²) in [5.41, 5.74) is -0.479. The van der Waals surface area contributed by atoms with Crippen LogP contribution in [-0.4, -0.2) is 134 Å². The van der Waals surface area contributed by atoms with Crippen LogP contribution in [0.25, 0.3) is 0 Å². The van der Waals surface area contributed by atoms with E-state index in [1.807, 2.05) is 20.8 Å². The first kappa shape index (κ1) is 34.7. The molecule has 0 aliphatic carbocycles. The molecule has 40 heavy (non-hydrogen) atoms. The van der Waals surface area contributed by atoms with Crippen molar-refractivity contribution in [3.63, 3.8) is 0 Å². The Morgan fingerprint density at radius 3 is 1.95 bits per heavy atom. The molecular weight excluding hydrogens is 564 g/mol. The van der Waals surface area contributed by atoms with Gasteiger partial charge < -0.3 is 54.3 Å². The van der Waals surface area contributed by atoms with Crippen LogP contribution in [-0.2, 0) is 23.7 Å². The van der Waals surface area contributed by atoms with Gasteiger partial charge >= 0.3 is 0 Å². The summed E-state index contributed by atoms with van der Waals surface area (Å²) in [6.45, 7) is 5.26. The van der Waals surface area contributed by atoms with Gasteiger partial charge in [-0.25, -0.2) is 0 Å². The molecule has 4 saturated heterocycles. The molecule has 0 saturated carbocycles. The van der Waals surface area contributed by atoms with Crippen molar-refractivity contribution in [3.05, 3.63) is 0 Å². The van der Waals surface area contributed by atoms with Crippen molar-refractivity contribution < 1.29 is 54.3 Å². The molecule has 4 fully saturated rings. The second-order valence-corrected chi connectivity index (χ2v) is 13.6. The number of rotatable bonds is 10. The van der Waals surface area contributed by atoms with Crippen LogP contribution in [0.3, 0.4) is 0 Å². The summed E-state index contributed by atoms with van der Waals surface area (Å²) in [6, 6.07) is 0. The van der Waals surface area contributed by atoms with Gasteiger partial charge in [-0.3, -0.25) is 0 Å². The van der Waals surface area contributed by atoms with E-state index in [0.29, 0.717) is 44.9 Å². The van der Waals surface area contributed by atoms with Crippen molar-refractivity contribution in [1.29, 1.82) is 0 Å². The van der Waals surface area contributed by atoms with Gasteiger partial charge in [-0.2, -0.15) is 0 Å². The second-order valence-electron chi connectivity index (χ2n) is 10.8. The van der Waals surface area contributed by atoms with Crippen LogP contribution >= 0.6 is 23.5 Å². The van der Waals surface area contributed by atoms with Gasteiger partial charge in [0.05, 0.1) is 69.2 Å². The fourth-order valence-electron chi connectivity index (χ4n) is 5.70. The van der Waals surface area contributed by atoms with Crippen molar-refractivity contribution in [1.82, 2.24) is 0 Å². The summed E-state index contributed by atoms with van der Waals surface area (Å²) in [7, 11) is 0. The fourth-order valence-corrected chi connectivity index (χ4v) is 9.08. The molecule has 0 amide bonds. The molecule has 0 spiro atoms. The number of aliphatic hydroxyl groups is 6. The number of hydrogen-bond donors (Lipinski definition) is 6. The Kier molecular flexibility index (Phi) is 15.2. The minimum Gasteiger partial charge on any atom is -0.394 e. The van der Waals surface area contributed by atoms with Crippen molar-refractivity contribution in [2.75, 3.05) is 26.4 Å². The summed E-state index contributed by atoms with van der Waals surface area (Å²) in [5, 5.41) is 59.5. The lowest BCUT2D eigenvalue weighted by Crippen LogP contribution is -2.49. The predicted octanol–water partition coefficient (Wildman–Crippen LogP) is 0.985. The Labute approximate surface area is 246 Å². The summed E-state index contributed by atoms with van der Waals surface area (Å²) in [4.78, 5) is 0. The van der Waals surface area contributed by atoms with Gasteiger partial charge in [0.1, 0.15) is 17.0 Å². The number of thioether (sulfide) groups is 2. The van der Waals surface area contributed by atoms with E-state index in [9.17, 15) is 30.6 Å². The quantitative estimate of drug-likeness (QED) is 0.206. The zero-order chi connectivity index (χ0) is 29.2. The topological polar surface area (TPSA) is 168 Å². The van der Waals surface area contributed by atoms with E-state index in [1.54, 1.807) is 11.8 Å². The van der Waals surface area contributed by atoms with Gasteiger partial charge in [0.15, 0.2) is 6.29 Å². The van der Waals surface area contributed by atoms with Gasteiger partial charge in [0.25, 0.3) is 0 Å². The first-order chi connectivity index (χ1) is 19.3. The lowest BCUT2D eigenvalue weighted by Gasteiger charge is -2.42. The maximum atomic E-state index is 10.7. The molecule has 0 radical (unpaired) electrons. The Morgan fingerprint density at radius 2 is 1.30 bits per heavy atom. The lowest BCUT2D eigenvalue weighted by molar-refractivity contribution is -0.251. The third kappa shape index (κ3) is 10.2. The van der Waals surface area contributed by atoms with Crippen LogP contribution in [0.4, 0.5) is 0 Å². The Bertz CT molecular complexity index is 709. The molecule has 0 aromatic rings. The molecule has 6 N–H and O–H groups in total. The largest absolute Gasteiger partial charge is 0.394 e. The maximum absolute atomic E-state index is 10.7. The molecule has 13 heteroatoms. The average molecular weight is 615 g/mol. The van der Waals surface area contributed by atoms with E-state index in [0.717, 1.165) is 0 Å². The Hall–Kier alpha value is 0.260. The highest BCUT2D eigenvalue weighted by atomic mass is 32.2. The minimum absolute atomic E-state index is 0.0830. The lowest BCUT2D eigenvalue weighted by atomic mass is 10.0. The van der Waals surface area contributed by atoms with E-state index < -0.39 is 30.7 Å². The summed E-state index contributed by atoms with van der Waals surface area (Å²) >= 11 is 3.18. The van der Waals surface area contributed by atoms with Gasteiger partial charge in [0, 0.05) is 36.2 Å². The van der Waals surface area contributed by atoms with Crippen molar-refractivity contribution >= 4 is 23.5 Å². The zero-order valence-electron chi connectivity index (χ0n) is 23.8. The predicted molar refractivity (Wildman–Crippen MR) is 152 cm³/mol. The van der Waals surface area contributed by atoms with E-state index in [1.165, 1.54) is 11.8 Å². The third-order valence-electron chi connectivity index (χ3n) is 7.53. The van der Waals surface area contributed by atoms with Crippen molar-refractivity contribution in [2.24, 2.45) is 0 Å². The standard InChI is InChI=1S/C25H44O11S2.C2H6/c1-13-2-21(25(31)20(12-29)32-13)38-24-8-19(6-18(11-28)36-24)37-23-7-15(5-17(10-27)35-23)33-22-4-14(30)3-16(9-26)34-22;1-2/h13-31H,2-12H2,1H3;1-2H3. The smallest absolute Gasteiger partial charge is 0.160 e. The first-order valence-corrected chi connectivity index (χ1v) is 16.6. The highest BCUT2D eigenvalue weighted by molar-refractivity contribution is 8.01. The van der Waals surface area contributed by atoms with Crippen LogP contribution in [0, 0.1) is 0 Å². The van der Waals surface area contributed by atoms with Crippen LogP contribution in [0.5, 0.6) is 0 Å². The van der Waals surface area contributed by atoms with Gasteiger partial charge in [-0.05, 0) is 26.2 Å². The van der Waals surface area contributed by atoms with Gasteiger partial charge in [-0.15, -0.1) is 23.5 Å². The number of hydrogen-bond acceptors (Lipinski definition) is 13. The molecule has 4 rings (SSSR count). The molecule has 4 heterocycles. The third-order valence-corrected chi connectivity index (χ3v) is 10.3. The molecule has 236 valence electrons. The van der Waals surface area contributed by atoms with Crippen LogP contribution in [0.1, 0.15) is 65.7 Å². The fraction of sp³-hybridized carbons (Fsp3) is 1.00. The molecule has 13 unspecified atom stereocenters. The molecular formula is C27H50O11S2. The summed E-state index contributed by atoms with van der Waals surface area (Å²) < 4.78 is 29.9. The first-order valence-electron chi connectivity index (χ1n) is 14.7. The monoisotopic (exact) mass is 614 g/mol. The van der Waals surface area contributed by atoms with Crippen molar-refractivity contribution in [3.8, 4) is 0 Å². The second kappa shape index (κ2) is 17.5. The molecule has 0 aromatic heterocycles. The van der Waals surface area contributed by atoms with Gasteiger partial charge in [0.2, 0.25) is 0 Å². The van der Waals surface area contributed by atoms with E-state index >= 15 is 0 Å². The Morgan fingerprint density at radius 1 is 0.675 bits per heavy atom. The SMILES string of the molecule is CC.CC1CC(SC2CC(SC3CC(OC4CC(O)CC(CO)O4)CC(CO)O3)CC(CO)O2)C(O)C(CO)O1. The number of ether oxygens (including phenoxy) is 5. The highest BCUT2D eigenvalue weighted by Gasteiger charge is 2.41. The summed E-state index contributed by atoms with van der Waals surface area (Å²) in [6.07, 6.45) is -0.369. The van der Waals surface area contributed by atoms with Crippen molar-refractivity contribution in [2.45, 2.75) is 142 Å². The van der Waals surface area contributed by atoms with Crippen LogP contribution in [0.2, 0.25) is 0 Å². The van der Waals surface area contributed by atoms with Gasteiger partial charge in [-0.1, -0.05) is 13.8 Å². The number of aliphatic hydroxyl groups excluding tert-OH is 6. The molecule has 0 bridgehead atoms. The molecule has 4 aliphatic rings. The normalized spacial score (nSPS) is 44.5.